The van der Waals surface area contributed by atoms with Crippen molar-refractivity contribution in [1.82, 2.24) is 5.32 Å². The summed E-state index contributed by atoms with van der Waals surface area (Å²) in [7, 11) is 1.62. The molecule has 2 aromatic carbocycles. The Morgan fingerprint density at radius 1 is 1.12 bits per heavy atom. The van der Waals surface area contributed by atoms with E-state index in [2.05, 4.69) is 10.6 Å². The van der Waals surface area contributed by atoms with Crippen LogP contribution < -0.4 is 15.4 Å². The first-order valence-corrected chi connectivity index (χ1v) is 8.94. The Kier molecular flexibility index (Phi) is 5.71. The molecule has 0 radical (unpaired) electrons. The number of carbonyl (C=O) groups is 1. The standard InChI is InChI=1S/C21H26N2O2/c1-15-12-13-19(25-2)18(14-15)23-21(24)20(16-8-4-3-5-9-16)22-17-10-6-7-11-17/h3-5,8-9,12-14,17,20,22H,6-7,10-11H2,1-2H3,(H,23,24). The molecule has 0 bridgehead atoms. The van der Waals surface area contributed by atoms with Crippen molar-refractivity contribution in [3.63, 3.8) is 0 Å². The first kappa shape index (κ1) is 17.5. The van der Waals surface area contributed by atoms with Crippen molar-refractivity contribution >= 4 is 11.6 Å². The van der Waals surface area contributed by atoms with Crippen molar-refractivity contribution in [2.24, 2.45) is 0 Å². The average molecular weight is 338 g/mol. The zero-order chi connectivity index (χ0) is 17.6. The molecule has 0 aromatic heterocycles. The highest BCUT2D eigenvalue weighted by Crippen LogP contribution is 2.28. The van der Waals surface area contributed by atoms with Crippen molar-refractivity contribution in [3.8, 4) is 5.75 Å². The van der Waals surface area contributed by atoms with Gasteiger partial charge in [0.2, 0.25) is 5.91 Å². The minimum absolute atomic E-state index is 0.0537. The van der Waals surface area contributed by atoms with Crippen LogP contribution in [0.2, 0.25) is 0 Å². The normalized spacial score (nSPS) is 15.8. The van der Waals surface area contributed by atoms with Crippen LogP contribution >= 0.6 is 0 Å². The fraction of sp³-hybridized carbons (Fsp3) is 0.381. The molecule has 1 aliphatic rings. The molecule has 132 valence electrons. The van der Waals surface area contributed by atoms with E-state index in [0.29, 0.717) is 17.5 Å². The Labute approximate surface area is 149 Å². The molecule has 0 heterocycles. The van der Waals surface area contributed by atoms with Gasteiger partial charge in [-0.1, -0.05) is 49.2 Å². The van der Waals surface area contributed by atoms with E-state index < -0.39 is 0 Å². The summed E-state index contributed by atoms with van der Waals surface area (Å²) in [5, 5.41) is 6.60. The third-order valence-electron chi connectivity index (χ3n) is 4.77. The van der Waals surface area contributed by atoms with Crippen LogP contribution in [0.1, 0.15) is 42.9 Å². The molecule has 4 nitrogen and oxygen atoms in total. The summed E-state index contributed by atoms with van der Waals surface area (Å²) in [6, 6.07) is 15.7. The Hall–Kier alpha value is -2.33. The number of benzene rings is 2. The molecule has 1 saturated carbocycles. The smallest absolute Gasteiger partial charge is 0.246 e. The topological polar surface area (TPSA) is 50.4 Å². The second kappa shape index (κ2) is 8.17. The van der Waals surface area contributed by atoms with Gasteiger partial charge in [-0.3, -0.25) is 10.1 Å². The number of methoxy groups -OCH3 is 1. The summed E-state index contributed by atoms with van der Waals surface area (Å²) in [5.74, 6) is 0.619. The molecule has 25 heavy (non-hydrogen) atoms. The Morgan fingerprint density at radius 3 is 2.52 bits per heavy atom. The van der Waals surface area contributed by atoms with Gasteiger partial charge in [-0.15, -0.1) is 0 Å². The van der Waals surface area contributed by atoms with E-state index in [1.54, 1.807) is 7.11 Å². The second-order valence-corrected chi connectivity index (χ2v) is 6.68. The average Bonchev–Trinajstić information content (AvgIpc) is 3.14. The quantitative estimate of drug-likeness (QED) is 0.829. The summed E-state index contributed by atoms with van der Waals surface area (Å²) in [4.78, 5) is 13.1. The van der Waals surface area contributed by atoms with E-state index in [-0.39, 0.29) is 11.9 Å². The van der Waals surface area contributed by atoms with Gasteiger partial charge >= 0.3 is 0 Å². The molecule has 1 unspecified atom stereocenters. The van der Waals surface area contributed by atoms with E-state index >= 15 is 0 Å². The molecular weight excluding hydrogens is 312 g/mol. The van der Waals surface area contributed by atoms with Gasteiger partial charge in [0.25, 0.3) is 0 Å². The lowest BCUT2D eigenvalue weighted by atomic mass is 10.0. The lowest BCUT2D eigenvalue weighted by molar-refractivity contribution is -0.118. The monoisotopic (exact) mass is 338 g/mol. The SMILES string of the molecule is COc1ccc(C)cc1NC(=O)C(NC1CCCC1)c1ccccc1. The predicted molar refractivity (Wildman–Crippen MR) is 101 cm³/mol. The van der Waals surface area contributed by atoms with E-state index in [1.807, 2.05) is 55.5 Å². The van der Waals surface area contributed by atoms with Crippen molar-refractivity contribution in [3.05, 3.63) is 59.7 Å². The van der Waals surface area contributed by atoms with Crippen LogP contribution in [0.3, 0.4) is 0 Å². The van der Waals surface area contributed by atoms with E-state index in [1.165, 1.54) is 12.8 Å². The number of amides is 1. The van der Waals surface area contributed by atoms with Crippen LogP contribution in [-0.2, 0) is 4.79 Å². The zero-order valence-electron chi connectivity index (χ0n) is 14.9. The predicted octanol–water partition coefficient (Wildman–Crippen LogP) is 4.22. The number of ether oxygens (including phenoxy) is 1. The molecule has 1 fully saturated rings. The highest BCUT2D eigenvalue weighted by molar-refractivity contribution is 5.96. The van der Waals surface area contributed by atoms with Gasteiger partial charge in [0.15, 0.2) is 0 Å². The fourth-order valence-corrected chi connectivity index (χ4v) is 3.42. The third kappa shape index (κ3) is 4.40. The summed E-state index contributed by atoms with van der Waals surface area (Å²) in [6.45, 7) is 2.00. The zero-order valence-corrected chi connectivity index (χ0v) is 14.9. The molecular formula is C21H26N2O2. The Balaban J connectivity index is 1.82. The maximum absolute atomic E-state index is 13.1. The van der Waals surface area contributed by atoms with Gasteiger partial charge in [0.05, 0.1) is 12.8 Å². The number of anilines is 1. The lowest BCUT2D eigenvalue weighted by Gasteiger charge is -2.23. The van der Waals surface area contributed by atoms with Gasteiger partial charge in [0.1, 0.15) is 11.8 Å². The molecule has 4 heteroatoms. The maximum Gasteiger partial charge on any atom is 0.246 e. The molecule has 2 aromatic rings. The second-order valence-electron chi connectivity index (χ2n) is 6.68. The number of hydrogen-bond donors (Lipinski definition) is 2. The van der Waals surface area contributed by atoms with Gasteiger partial charge in [-0.2, -0.15) is 0 Å². The minimum Gasteiger partial charge on any atom is -0.495 e. The summed E-state index contributed by atoms with van der Waals surface area (Å²) < 4.78 is 5.38. The van der Waals surface area contributed by atoms with Crippen LogP contribution in [0.4, 0.5) is 5.69 Å². The fourth-order valence-electron chi connectivity index (χ4n) is 3.42. The van der Waals surface area contributed by atoms with Crippen LogP contribution in [0.15, 0.2) is 48.5 Å². The molecule has 3 rings (SSSR count). The first-order chi connectivity index (χ1) is 12.2. The molecule has 2 N–H and O–H groups in total. The van der Waals surface area contributed by atoms with E-state index in [0.717, 1.165) is 24.0 Å². The molecule has 1 atom stereocenters. The number of aryl methyl sites for hydroxylation is 1. The van der Waals surface area contributed by atoms with Crippen LogP contribution in [0.25, 0.3) is 0 Å². The van der Waals surface area contributed by atoms with Crippen LogP contribution in [0.5, 0.6) is 5.75 Å². The van der Waals surface area contributed by atoms with Crippen molar-refractivity contribution in [2.45, 2.75) is 44.7 Å². The summed E-state index contributed by atoms with van der Waals surface area (Å²) in [5.41, 5.74) is 2.77. The number of rotatable bonds is 6. The Bertz CT molecular complexity index is 709. The van der Waals surface area contributed by atoms with Gasteiger partial charge in [0, 0.05) is 6.04 Å². The van der Waals surface area contributed by atoms with E-state index in [9.17, 15) is 4.79 Å². The Morgan fingerprint density at radius 2 is 1.84 bits per heavy atom. The van der Waals surface area contributed by atoms with E-state index in [4.69, 9.17) is 4.74 Å². The van der Waals surface area contributed by atoms with Crippen molar-refractivity contribution in [2.75, 3.05) is 12.4 Å². The lowest BCUT2D eigenvalue weighted by Crippen LogP contribution is -2.38. The third-order valence-corrected chi connectivity index (χ3v) is 4.77. The molecule has 0 spiro atoms. The van der Waals surface area contributed by atoms with Gasteiger partial charge < -0.3 is 10.1 Å². The van der Waals surface area contributed by atoms with Gasteiger partial charge in [-0.05, 0) is 43.0 Å². The molecule has 1 amide bonds. The number of nitrogens with one attached hydrogen (secondary N) is 2. The molecule has 0 aliphatic heterocycles. The van der Waals surface area contributed by atoms with Crippen molar-refractivity contribution < 1.29 is 9.53 Å². The number of hydrogen-bond acceptors (Lipinski definition) is 3. The highest BCUT2D eigenvalue weighted by atomic mass is 16.5. The van der Waals surface area contributed by atoms with Crippen LogP contribution in [0, 0.1) is 6.92 Å². The largest absolute Gasteiger partial charge is 0.495 e. The molecule has 0 saturated heterocycles. The highest BCUT2D eigenvalue weighted by Gasteiger charge is 2.26. The summed E-state index contributed by atoms with van der Waals surface area (Å²) >= 11 is 0. The van der Waals surface area contributed by atoms with Gasteiger partial charge in [-0.25, -0.2) is 0 Å². The van der Waals surface area contributed by atoms with Crippen LogP contribution in [-0.4, -0.2) is 19.1 Å². The summed E-state index contributed by atoms with van der Waals surface area (Å²) in [6.07, 6.45) is 4.72. The minimum atomic E-state index is -0.366. The number of carbonyl (C=O) groups excluding carboxylic acids is 1. The van der Waals surface area contributed by atoms with Crippen molar-refractivity contribution in [1.29, 1.82) is 0 Å². The molecule has 1 aliphatic carbocycles. The maximum atomic E-state index is 13.1. The first-order valence-electron chi connectivity index (χ1n) is 8.94.